The summed E-state index contributed by atoms with van der Waals surface area (Å²) in [7, 11) is 0. The summed E-state index contributed by atoms with van der Waals surface area (Å²) < 4.78 is 5.71. The molecule has 1 N–H and O–H groups in total. The van der Waals surface area contributed by atoms with Crippen molar-refractivity contribution >= 4 is 0 Å². The molecule has 78 valence electrons. The first-order chi connectivity index (χ1) is 6.22. The van der Waals surface area contributed by atoms with Crippen LogP contribution in [0.4, 0.5) is 0 Å². The van der Waals surface area contributed by atoms with Crippen molar-refractivity contribution < 1.29 is 4.74 Å². The van der Waals surface area contributed by atoms with Crippen molar-refractivity contribution in [2.24, 2.45) is 0 Å². The summed E-state index contributed by atoms with van der Waals surface area (Å²) in [6, 6.07) is 0.665. The quantitative estimate of drug-likeness (QED) is 0.625. The van der Waals surface area contributed by atoms with Gasteiger partial charge in [-0.2, -0.15) is 0 Å². The monoisotopic (exact) mass is 185 g/mol. The summed E-state index contributed by atoms with van der Waals surface area (Å²) in [5.41, 5.74) is 0.249. The van der Waals surface area contributed by atoms with Gasteiger partial charge in [-0.3, -0.25) is 0 Å². The molecule has 0 radical (unpaired) electrons. The molecule has 2 heterocycles. The van der Waals surface area contributed by atoms with Gasteiger partial charge in [-0.1, -0.05) is 20.3 Å². The molecule has 0 bridgehead atoms. The van der Waals surface area contributed by atoms with Gasteiger partial charge in [-0.15, -0.1) is 0 Å². The van der Waals surface area contributed by atoms with Gasteiger partial charge in [0.15, 0.2) is 0 Å². The zero-order valence-corrected chi connectivity index (χ0v) is 9.23. The van der Waals surface area contributed by atoms with E-state index in [1.54, 1.807) is 0 Å². The van der Waals surface area contributed by atoms with Gasteiger partial charge in [0.1, 0.15) is 0 Å². The predicted octanol–water partition coefficient (Wildman–Crippen LogP) is 2.33. The lowest BCUT2D eigenvalue weighted by atomic mass is 9.97. The van der Waals surface area contributed by atoms with Crippen LogP contribution in [0.5, 0.6) is 0 Å². The van der Waals surface area contributed by atoms with Gasteiger partial charge < -0.3 is 10.1 Å². The Morgan fingerprint density at radius 1 is 1.46 bits per heavy atom. The maximum absolute atomic E-state index is 5.71. The largest absolute Gasteiger partial charge is 0.374 e. The first kappa shape index (κ1) is 11.0. The van der Waals surface area contributed by atoms with Crippen molar-refractivity contribution in [3.05, 3.63) is 0 Å². The maximum atomic E-state index is 5.71. The minimum atomic E-state index is 0.249. The Morgan fingerprint density at radius 2 is 2.15 bits per heavy atom. The number of nitrogens with one attached hydrogen (secondary N) is 1. The lowest BCUT2D eigenvalue weighted by Crippen LogP contribution is -2.29. The van der Waals surface area contributed by atoms with Gasteiger partial charge in [-0.25, -0.2) is 0 Å². The van der Waals surface area contributed by atoms with Gasteiger partial charge in [0.25, 0.3) is 0 Å². The number of rotatable bonds is 0. The number of hydrogen-bond acceptors (Lipinski definition) is 2. The van der Waals surface area contributed by atoms with Crippen LogP contribution in [0, 0.1) is 0 Å². The van der Waals surface area contributed by atoms with Gasteiger partial charge in [0.2, 0.25) is 0 Å². The summed E-state index contributed by atoms with van der Waals surface area (Å²) in [6.07, 6.45) is 4.99. The molecule has 2 aliphatic heterocycles. The van der Waals surface area contributed by atoms with Crippen molar-refractivity contribution in [1.29, 1.82) is 0 Å². The molecule has 2 aliphatic rings. The minimum Gasteiger partial charge on any atom is -0.374 e. The van der Waals surface area contributed by atoms with Crippen molar-refractivity contribution in [2.75, 3.05) is 13.2 Å². The first-order valence-corrected chi connectivity index (χ1v) is 5.60. The minimum absolute atomic E-state index is 0.249. The zero-order valence-electron chi connectivity index (χ0n) is 9.23. The van der Waals surface area contributed by atoms with Crippen LogP contribution < -0.4 is 5.32 Å². The molecule has 2 nitrogen and oxygen atoms in total. The Kier molecular flexibility index (Phi) is 4.20. The Bertz CT molecular complexity index is 141. The van der Waals surface area contributed by atoms with Crippen molar-refractivity contribution in [3.8, 4) is 0 Å². The highest BCUT2D eigenvalue weighted by atomic mass is 16.5. The van der Waals surface area contributed by atoms with E-state index in [-0.39, 0.29) is 5.60 Å². The fourth-order valence-electron chi connectivity index (χ4n) is 2.12. The van der Waals surface area contributed by atoms with E-state index >= 15 is 0 Å². The molecule has 2 unspecified atom stereocenters. The third-order valence-electron chi connectivity index (χ3n) is 2.64. The molecule has 0 aromatic carbocycles. The highest BCUT2D eigenvalue weighted by molar-refractivity contribution is 4.96. The molecule has 0 aromatic heterocycles. The molecule has 2 atom stereocenters. The Labute approximate surface area is 82.0 Å². The first-order valence-electron chi connectivity index (χ1n) is 5.60. The van der Waals surface area contributed by atoms with Gasteiger partial charge in [0, 0.05) is 19.2 Å². The van der Waals surface area contributed by atoms with Crippen LogP contribution in [0.3, 0.4) is 0 Å². The predicted molar refractivity (Wildman–Crippen MR) is 56.0 cm³/mol. The second-order valence-corrected chi connectivity index (χ2v) is 4.33. The zero-order chi connectivity index (χ0) is 9.73. The average Bonchev–Trinajstić information content (AvgIpc) is 2.65. The molecular weight excluding hydrogens is 162 g/mol. The van der Waals surface area contributed by atoms with Gasteiger partial charge in [-0.05, 0) is 26.2 Å². The number of ether oxygens (including phenoxy) is 1. The summed E-state index contributed by atoms with van der Waals surface area (Å²) in [5.74, 6) is 0. The third kappa shape index (κ3) is 2.96. The Hall–Kier alpha value is -0.0800. The maximum Gasteiger partial charge on any atom is 0.0821 e. The van der Waals surface area contributed by atoms with Gasteiger partial charge >= 0.3 is 0 Å². The summed E-state index contributed by atoms with van der Waals surface area (Å²) in [6.45, 7) is 8.54. The van der Waals surface area contributed by atoms with Crippen LogP contribution in [-0.2, 0) is 4.74 Å². The molecule has 2 fully saturated rings. The smallest absolute Gasteiger partial charge is 0.0821 e. The van der Waals surface area contributed by atoms with Crippen molar-refractivity contribution in [2.45, 2.75) is 58.1 Å². The van der Waals surface area contributed by atoms with Crippen molar-refractivity contribution in [1.82, 2.24) is 5.32 Å². The van der Waals surface area contributed by atoms with E-state index in [2.05, 4.69) is 26.1 Å². The van der Waals surface area contributed by atoms with Crippen LogP contribution in [0.25, 0.3) is 0 Å². The molecule has 1 spiro atoms. The van der Waals surface area contributed by atoms with E-state index in [0.717, 1.165) is 13.2 Å². The lowest BCUT2D eigenvalue weighted by Gasteiger charge is -2.20. The lowest BCUT2D eigenvalue weighted by molar-refractivity contribution is 0.0200. The van der Waals surface area contributed by atoms with Crippen LogP contribution in [0.1, 0.15) is 46.5 Å². The fourth-order valence-corrected chi connectivity index (χ4v) is 2.12. The molecule has 0 amide bonds. The number of hydrogen-bond donors (Lipinski definition) is 1. The molecule has 2 saturated heterocycles. The molecule has 0 saturated carbocycles. The third-order valence-corrected chi connectivity index (χ3v) is 2.64. The average molecular weight is 185 g/mol. The summed E-state index contributed by atoms with van der Waals surface area (Å²) in [4.78, 5) is 0. The van der Waals surface area contributed by atoms with Crippen LogP contribution in [0.15, 0.2) is 0 Å². The van der Waals surface area contributed by atoms with Gasteiger partial charge in [0.05, 0.1) is 5.60 Å². The second kappa shape index (κ2) is 4.97. The summed E-state index contributed by atoms with van der Waals surface area (Å²) in [5, 5.41) is 3.43. The van der Waals surface area contributed by atoms with E-state index < -0.39 is 0 Å². The van der Waals surface area contributed by atoms with E-state index in [1.165, 1.54) is 25.7 Å². The Balaban J connectivity index is 0.000000251. The normalized spacial score (nSPS) is 37.6. The molecule has 0 aliphatic carbocycles. The standard InChI is InChI=1S/C8H15NO.C3H8/c1-7-5-8(6-9-7)3-2-4-10-8;1-3-2/h7,9H,2-6H2,1H3;3H2,1-2H3. The summed E-state index contributed by atoms with van der Waals surface area (Å²) >= 11 is 0. The van der Waals surface area contributed by atoms with Crippen LogP contribution >= 0.6 is 0 Å². The second-order valence-electron chi connectivity index (χ2n) is 4.33. The fraction of sp³-hybridized carbons (Fsp3) is 1.00. The highest BCUT2D eigenvalue weighted by Crippen LogP contribution is 2.33. The SMILES string of the molecule is CC1CC2(CCCO2)CN1.CCC. The van der Waals surface area contributed by atoms with Crippen LogP contribution in [0.2, 0.25) is 0 Å². The van der Waals surface area contributed by atoms with Crippen LogP contribution in [-0.4, -0.2) is 24.8 Å². The molecule has 0 aromatic rings. The van der Waals surface area contributed by atoms with E-state index in [0.29, 0.717) is 6.04 Å². The van der Waals surface area contributed by atoms with E-state index in [4.69, 9.17) is 4.74 Å². The Morgan fingerprint density at radius 3 is 2.54 bits per heavy atom. The van der Waals surface area contributed by atoms with Crippen molar-refractivity contribution in [3.63, 3.8) is 0 Å². The topological polar surface area (TPSA) is 21.3 Å². The highest BCUT2D eigenvalue weighted by Gasteiger charge is 2.40. The van der Waals surface area contributed by atoms with E-state index in [1.807, 2.05) is 0 Å². The molecule has 2 rings (SSSR count). The molecule has 13 heavy (non-hydrogen) atoms. The molecular formula is C11H23NO. The molecule has 2 heteroatoms. The van der Waals surface area contributed by atoms with E-state index in [9.17, 15) is 0 Å².